The van der Waals surface area contributed by atoms with E-state index in [4.69, 9.17) is 10.2 Å². The Morgan fingerprint density at radius 3 is 2.91 bits per heavy atom. The Hall–Kier alpha value is -1.71. The van der Waals surface area contributed by atoms with Gasteiger partial charge in [0.15, 0.2) is 5.82 Å². The van der Waals surface area contributed by atoms with Gasteiger partial charge in [-0.05, 0) is 12.1 Å². The summed E-state index contributed by atoms with van der Waals surface area (Å²) in [6, 6.07) is 3.57. The highest BCUT2D eigenvalue weighted by atomic mass is 16.5. The van der Waals surface area contributed by atoms with Gasteiger partial charge in [-0.1, -0.05) is 5.16 Å². The molecular weight excluding hydrogens is 144 g/mol. The number of nitrogens with two attached hydrogens (primary N) is 1. The third-order valence-corrected chi connectivity index (χ3v) is 1.38. The van der Waals surface area contributed by atoms with Gasteiger partial charge in [0.1, 0.15) is 17.6 Å². The zero-order chi connectivity index (χ0) is 7.68. The Kier molecular flexibility index (Phi) is 1.18. The van der Waals surface area contributed by atoms with Gasteiger partial charge in [-0.3, -0.25) is 0 Å². The lowest BCUT2D eigenvalue weighted by atomic mass is 10.2. The number of hydrogen-bond donors (Lipinski definition) is 1. The monoisotopic (exact) mass is 150 g/mol. The number of nitrogen functional groups attached to an aromatic ring is 1. The smallest absolute Gasteiger partial charge is 0.177 e. The highest BCUT2D eigenvalue weighted by Gasteiger charge is 2.07. The fraction of sp³-hybridized carbons (Fsp3) is 0. The van der Waals surface area contributed by atoms with E-state index in [0.29, 0.717) is 17.1 Å². The summed E-state index contributed by atoms with van der Waals surface area (Å²) in [4.78, 5) is 0. The largest absolute Gasteiger partial charge is 0.464 e. The van der Waals surface area contributed by atoms with Crippen molar-refractivity contribution < 1.29 is 8.94 Å². The molecule has 0 aliphatic carbocycles. The van der Waals surface area contributed by atoms with Crippen LogP contribution in [-0.2, 0) is 0 Å². The summed E-state index contributed by atoms with van der Waals surface area (Å²) < 4.78 is 9.71. The zero-order valence-corrected chi connectivity index (χ0v) is 5.65. The molecule has 2 rings (SSSR count). The van der Waals surface area contributed by atoms with Crippen molar-refractivity contribution in [3.8, 4) is 11.3 Å². The molecule has 0 fully saturated rings. The predicted octanol–water partition coefficient (Wildman–Crippen LogP) is 1.52. The van der Waals surface area contributed by atoms with Gasteiger partial charge in [-0.2, -0.15) is 0 Å². The zero-order valence-electron chi connectivity index (χ0n) is 5.65. The molecule has 2 heterocycles. The van der Waals surface area contributed by atoms with Crippen LogP contribution < -0.4 is 5.73 Å². The molecule has 2 aromatic rings. The van der Waals surface area contributed by atoms with Crippen molar-refractivity contribution in [2.24, 2.45) is 0 Å². The molecule has 56 valence electrons. The minimum absolute atomic E-state index is 0.347. The average molecular weight is 150 g/mol. The van der Waals surface area contributed by atoms with Gasteiger partial charge in [0.2, 0.25) is 0 Å². The van der Waals surface area contributed by atoms with Crippen LogP contribution >= 0.6 is 0 Å². The van der Waals surface area contributed by atoms with Crippen LogP contribution in [0.25, 0.3) is 11.3 Å². The lowest BCUT2D eigenvalue weighted by Crippen LogP contribution is -1.85. The Labute approximate surface area is 62.6 Å². The van der Waals surface area contributed by atoms with Crippen LogP contribution in [0.2, 0.25) is 0 Å². The van der Waals surface area contributed by atoms with Crippen LogP contribution in [0.4, 0.5) is 5.82 Å². The van der Waals surface area contributed by atoms with E-state index < -0.39 is 0 Å². The summed E-state index contributed by atoms with van der Waals surface area (Å²) in [6.45, 7) is 0. The normalized spacial score (nSPS) is 10.2. The van der Waals surface area contributed by atoms with E-state index in [-0.39, 0.29) is 0 Å². The summed E-state index contributed by atoms with van der Waals surface area (Å²) in [6.07, 6.45) is 3.02. The molecule has 2 N–H and O–H groups in total. The Morgan fingerprint density at radius 2 is 2.36 bits per heavy atom. The van der Waals surface area contributed by atoms with Crippen LogP contribution in [-0.4, -0.2) is 5.16 Å². The molecule has 0 bridgehead atoms. The summed E-state index contributed by atoms with van der Waals surface area (Å²) >= 11 is 0. The topological polar surface area (TPSA) is 65.2 Å². The lowest BCUT2D eigenvalue weighted by molar-refractivity contribution is 0.423. The molecule has 2 aromatic heterocycles. The Morgan fingerprint density at radius 1 is 1.45 bits per heavy atom. The maximum absolute atomic E-state index is 5.47. The van der Waals surface area contributed by atoms with Crippen LogP contribution in [0.3, 0.4) is 0 Å². The first-order valence-electron chi connectivity index (χ1n) is 3.11. The minimum Gasteiger partial charge on any atom is -0.464 e. The lowest BCUT2D eigenvalue weighted by Gasteiger charge is -1.87. The van der Waals surface area contributed by atoms with Crippen molar-refractivity contribution in [3.63, 3.8) is 0 Å². The maximum atomic E-state index is 5.47. The summed E-state index contributed by atoms with van der Waals surface area (Å²) in [5.41, 5.74) is 6.16. The number of rotatable bonds is 1. The van der Waals surface area contributed by atoms with E-state index >= 15 is 0 Å². The van der Waals surface area contributed by atoms with Crippen molar-refractivity contribution in [1.29, 1.82) is 0 Å². The van der Waals surface area contributed by atoms with Crippen LogP contribution in [0, 0.1) is 0 Å². The van der Waals surface area contributed by atoms with E-state index in [2.05, 4.69) is 9.68 Å². The summed E-state index contributed by atoms with van der Waals surface area (Å²) in [7, 11) is 0. The van der Waals surface area contributed by atoms with Gasteiger partial charge in [0, 0.05) is 0 Å². The predicted molar refractivity (Wildman–Crippen MR) is 38.6 cm³/mol. The second-order valence-electron chi connectivity index (χ2n) is 2.09. The van der Waals surface area contributed by atoms with Crippen molar-refractivity contribution in [3.05, 3.63) is 24.7 Å². The first kappa shape index (κ1) is 6.03. The third kappa shape index (κ3) is 0.881. The maximum Gasteiger partial charge on any atom is 0.177 e. The molecule has 0 aliphatic rings. The molecular formula is C7H6N2O2. The number of nitrogens with zero attached hydrogens (tertiary/aromatic N) is 1. The van der Waals surface area contributed by atoms with Gasteiger partial charge in [-0.15, -0.1) is 0 Å². The van der Waals surface area contributed by atoms with E-state index in [1.54, 1.807) is 18.4 Å². The molecule has 4 nitrogen and oxygen atoms in total. The molecule has 0 saturated heterocycles. The van der Waals surface area contributed by atoms with Gasteiger partial charge < -0.3 is 14.7 Å². The van der Waals surface area contributed by atoms with Crippen molar-refractivity contribution in [1.82, 2.24) is 5.16 Å². The molecule has 0 atom stereocenters. The highest BCUT2D eigenvalue weighted by molar-refractivity contribution is 5.67. The first-order valence-corrected chi connectivity index (χ1v) is 3.11. The van der Waals surface area contributed by atoms with Crippen LogP contribution in [0.1, 0.15) is 0 Å². The van der Waals surface area contributed by atoms with Crippen LogP contribution in [0.15, 0.2) is 33.6 Å². The van der Waals surface area contributed by atoms with E-state index in [1.807, 2.05) is 0 Å². The molecule has 0 amide bonds. The first-order chi connectivity index (χ1) is 5.38. The Balaban J connectivity index is 2.53. The van der Waals surface area contributed by atoms with E-state index in [0.717, 1.165) is 0 Å². The minimum atomic E-state index is 0.347. The fourth-order valence-corrected chi connectivity index (χ4v) is 0.862. The summed E-state index contributed by atoms with van der Waals surface area (Å²) in [5, 5.41) is 3.52. The summed E-state index contributed by atoms with van der Waals surface area (Å²) in [5.74, 6) is 1.02. The number of furan rings is 1. The molecule has 4 heteroatoms. The van der Waals surface area contributed by atoms with E-state index in [9.17, 15) is 0 Å². The van der Waals surface area contributed by atoms with E-state index in [1.165, 1.54) is 6.26 Å². The van der Waals surface area contributed by atoms with Gasteiger partial charge >= 0.3 is 0 Å². The molecule has 0 radical (unpaired) electrons. The second-order valence-corrected chi connectivity index (χ2v) is 2.09. The van der Waals surface area contributed by atoms with Gasteiger partial charge in [0.25, 0.3) is 0 Å². The Bertz CT molecular complexity index is 337. The van der Waals surface area contributed by atoms with Gasteiger partial charge in [-0.25, -0.2) is 0 Å². The highest BCUT2D eigenvalue weighted by Crippen LogP contribution is 2.24. The van der Waals surface area contributed by atoms with Crippen molar-refractivity contribution in [2.45, 2.75) is 0 Å². The number of aromatic nitrogens is 1. The molecule has 0 spiro atoms. The number of hydrogen-bond acceptors (Lipinski definition) is 4. The third-order valence-electron chi connectivity index (χ3n) is 1.38. The SMILES string of the molecule is Nc1nocc1-c1ccco1. The van der Waals surface area contributed by atoms with Crippen molar-refractivity contribution in [2.75, 3.05) is 5.73 Å². The molecule has 0 saturated carbocycles. The van der Waals surface area contributed by atoms with Gasteiger partial charge in [0.05, 0.1) is 6.26 Å². The quantitative estimate of drug-likeness (QED) is 0.669. The molecule has 0 aromatic carbocycles. The molecule has 11 heavy (non-hydrogen) atoms. The second kappa shape index (κ2) is 2.16. The van der Waals surface area contributed by atoms with Crippen molar-refractivity contribution >= 4 is 5.82 Å². The fourth-order valence-electron chi connectivity index (χ4n) is 0.862. The number of anilines is 1. The van der Waals surface area contributed by atoms with Crippen LogP contribution in [0.5, 0.6) is 0 Å². The molecule has 0 unspecified atom stereocenters. The standard InChI is InChI=1S/C7H6N2O2/c8-7-5(4-11-9-7)6-2-1-3-10-6/h1-4H,(H2,8,9). The molecule has 0 aliphatic heterocycles. The average Bonchev–Trinajstić information content (AvgIpc) is 2.55.